The monoisotopic (exact) mass is 467 g/mol. The molecule has 0 unspecified atom stereocenters. The highest BCUT2D eigenvalue weighted by atomic mass is 32.2. The average molecular weight is 467 g/mol. The molecule has 0 spiro atoms. The highest BCUT2D eigenvalue weighted by Crippen LogP contribution is 2.39. The van der Waals surface area contributed by atoms with Crippen molar-refractivity contribution in [3.8, 4) is 0 Å². The lowest BCUT2D eigenvalue weighted by molar-refractivity contribution is -0.137. The van der Waals surface area contributed by atoms with Crippen molar-refractivity contribution in [3.63, 3.8) is 0 Å². The van der Waals surface area contributed by atoms with Crippen molar-refractivity contribution in [2.24, 2.45) is 5.73 Å². The number of hydrogen-bond donors (Lipinski definition) is 1. The molecular formula is C18H16B3F4NO5S. The Hall–Kier alpha value is -2.89. The van der Waals surface area contributed by atoms with Crippen molar-refractivity contribution in [1.82, 2.24) is 0 Å². The van der Waals surface area contributed by atoms with Crippen LogP contribution in [0, 0.1) is 5.82 Å². The van der Waals surface area contributed by atoms with Gasteiger partial charge in [-0.2, -0.15) is 21.6 Å². The molecule has 0 amide bonds. The third-order valence-electron chi connectivity index (χ3n) is 5.30. The molecule has 1 heterocycles. The van der Waals surface area contributed by atoms with Crippen LogP contribution in [0.15, 0.2) is 60.2 Å². The molecule has 0 aromatic heterocycles. The SMILES string of the molecule is BC(B)(c1ccc(F)cc1)S(=O)(=O)OC1=C(N)O[C@@](B)(c2ccc(C(F)(F)F)cc2)C1=O. The van der Waals surface area contributed by atoms with Gasteiger partial charge in [0.05, 0.1) is 10.1 Å². The van der Waals surface area contributed by atoms with E-state index in [1.54, 1.807) is 0 Å². The fourth-order valence-electron chi connectivity index (χ4n) is 3.10. The third-order valence-corrected chi connectivity index (χ3v) is 7.17. The highest BCUT2D eigenvalue weighted by molar-refractivity contribution is 7.90. The van der Waals surface area contributed by atoms with Crippen LogP contribution in [-0.2, 0) is 40.1 Å². The summed E-state index contributed by atoms with van der Waals surface area (Å²) in [5.41, 5.74) is 3.09. The van der Waals surface area contributed by atoms with E-state index in [9.17, 15) is 30.8 Å². The normalized spacial score (nSPS) is 19.7. The number of Topliss-reactive ketones (excluding diaryl/α,β-unsaturated/α-hetero) is 1. The molecule has 2 N–H and O–H groups in total. The summed E-state index contributed by atoms with van der Waals surface area (Å²) in [4.78, 5) is 13.0. The second kappa shape index (κ2) is 7.61. The van der Waals surface area contributed by atoms with Crippen LogP contribution in [0.5, 0.6) is 0 Å². The molecule has 0 bridgehead atoms. The number of ketones is 1. The van der Waals surface area contributed by atoms with E-state index in [0.717, 1.165) is 36.4 Å². The van der Waals surface area contributed by atoms with E-state index in [2.05, 4.69) is 0 Å². The molecule has 166 valence electrons. The number of benzene rings is 2. The van der Waals surface area contributed by atoms with Crippen LogP contribution in [0.3, 0.4) is 0 Å². The van der Waals surface area contributed by atoms with E-state index in [1.807, 2.05) is 0 Å². The Balaban J connectivity index is 1.90. The first-order valence-electron chi connectivity index (χ1n) is 9.21. The Morgan fingerprint density at radius 1 is 0.969 bits per heavy atom. The minimum Gasteiger partial charge on any atom is -0.467 e. The van der Waals surface area contributed by atoms with E-state index < -0.39 is 55.1 Å². The molecule has 0 radical (unpaired) electrons. The summed E-state index contributed by atoms with van der Waals surface area (Å²) < 4.78 is 86.3. The van der Waals surface area contributed by atoms with Crippen LogP contribution in [0.1, 0.15) is 16.7 Å². The number of rotatable bonds is 5. The van der Waals surface area contributed by atoms with E-state index in [0.29, 0.717) is 0 Å². The summed E-state index contributed by atoms with van der Waals surface area (Å²) in [6, 6.07) is 8.27. The second-order valence-corrected chi connectivity index (χ2v) is 9.88. The summed E-state index contributed by atoms with van der Waals surface area (Å²) >= 11 is 0. The second-order valence-electron chi connectivity index (χ2n) is 7.79. The number of alkyl halides is 3. The molecule has 32 heavy (non-hydrogen) atoms. The van der Waals surface area contributed by atoms with Crippen molar-refractivity contribution < 1.29 is 39.7 Å². The molecule has 2 aromatic carbocycles. The first-order valence-corrected chi connectivity index (χ1v) is 10.6. The zero-order valence-corrected chi connectivity index (χ0v) is 18.0. The topological polar surface area (TPSA) is 95.7 Å². The predicted octanol–water partition coefficient (Wildman–Crippen LogP) is -0.219. The van der Waals surface area contributed by atoms with Gasteiger partial charge in [0.25, 0.3) is 0 Å². The Morgan fingerprint density at radius 3 is 1.97 bits per heavy atom. The number of halogens is 4. The molecule has 6 nitrogen and oxygen atoms in total. The van der Waals surface area contributed by atoms with Gasteiger partial charge in [-0.25, -0.2) is 4.39 Å². The third kappa shape index (κ3) is 3.99. The molecule has 0 aliphatic carbocycles. The van der Waals surface area contributed by atoms with E-state index in [1.165, 1.54) is 35.7 Å². The lowest BCUT2D eigenvalue weighted by Gasteiger charge is -2.26. The quantitative estimate of drug-likeness (QED) is 0.372. The van der Waals surface area contributed by atoms with Crippen molar-refractivity contribution in [2.45, 2.75) is 16.2 Å². The largest absolute Gasteiger partial charge is 0.467 e. The lowest BCUT2D eigenvalue weighted by atomic mass is 9.65. The summed E-state index contributed by atoms with van der Waals surface area (Å²) in [6.07, 6.45) is -4.58. The summed E-state index contributed by atoms with van der Waals surface area (Å²) in [5, 5.41) is 0. The molecule has 3 rings (SSSR count). The maximum atomic E-state index is 13.2. The molecule has 0 saturated carbocycles. The van der Waals surface area contributed by atoms with Crippen molar-refractivity contribution in [1.29, 1.82) is 0 Å². The van der Waals surface area contributed by atoms with Gasteiger partial charge in [-0.3, -0.25) is 4.79 Å². The zero-order chi connectivity index (χ0) is 24.1. The molecule has 2 aromatic rings. The number of ether oxygens (including phenoxy) is 1. The van der Waals surface area contributed by atoms with Gasteiger partial charge in [-0.15, -0.1) is 0 Å². The number of carbonyl (C=O) groups excluding carboxylic acids is 1. The average Bonchev–Trinajstić information content (AvgIpc) is 2.91. The van der Waals surface area contributed by atoms with Crippen LogP contribution in [0.2, 0.25) is 0 Å². The van der Waals surface area contributed by atoms with Crippen LogP contribution in [0.4, 0.5) is 17.6 Å². The summed E-state index contributed by atoms with van der Waals surface area (Å²) in [5.74, 6) is -2.96. The number of nitrogens with two attached hydrogens (primary N) is 1. The highest BCUT2D eigenvalue weighted by Gasteiger charge is 2.51. The van der Waals surface area contributed by atoms with Crippen molar-refractivity contribution in [3.05, 3.63) is 82.7 Å². The summed E-state index contributed by atoms with van der Waals surface area (Å²) in [7, 11) is -0.722. The summed E-state index contributed by atoms with van der Waals surface area (Å²) in [6.45, 7) is 0. The molecule has 1 aliphatic rings. The van der Waals surface area contributed by atoms with E-state index in [-0.39, 0.29) is 11.1 Å². The van der Waals surface area contributed by atoms with Gasteiger partial charge in [0.15, 0.2) is 13.3 Å². The fraction of sp³-hybridized carbons (Fsp3) is 0.167. The van der Waals surface area contributed by atoms with Crippen molar-refractivity contribution >= 4 is 39.4 Å². The first kappa shape index (κ1) is 23.8. The molecular weight excluding hydrogens is 451 g/mol. The maximum absolute atomic E-state index is 13.2. The van der Waals surface area contributed by atoms with E-state index in [4.69, 9.17) is 14.7 Å². The van der Waals surface area contributed by atoms with Gasteiger partial charge < -0.3 is 14.7 Å². The maximum Gasteiger partial charge on any atom is 0.416 e. The van der Waals surface area contributed by atoms with Crippen LogP contribution in [0.25, 0.3) is 0 Å². The van der Waals surface area contributed by atoms with Gasteiger partial charge in [0, 0.05) is 0 Å². The lowest BCUT2D eigenvalue weighted by Crippen LogP contribution is -2.40. The Kier molecular flexibility index (Phi) is 5.65. The van der Waals surface area contributed by atoms with Gasteiger partial charge in [0.1, 0.15) is 21.5 Å². The van der Waals surface area contributed by atoms with Gasteiger partial charge >= 0.3 is 16.3 Å². The van der Waals surface area contributed by atoms with Gasteiger partial charge in [0.2, 0.25) is 17.4 Å². The first-order chi connectivity index (χ1) is 14.6. The van der Waals surface area contributed by atoms with Crippen LogP contribution < -0.4 is 5.73 Å². The molecule has 1 atom stereocenters. The fourth-order valence-corrected chi connectivity index (χ4v) is 4.11. The standard InChI is InChI=1S/C18H16B3F4NO5S/c19-16(9-1-3-11(4-2-9)18(23,24)25)14(27)13(15(26)30-16)31-32(28,29)17(20,21)10-5-7-12(22)8-6-10/h1-8H,19-21,26H2/t16-/m0/s1. The van der Waals surface area contributed by atoms with Gasteiger partial charge in [-0.1, -0.05) is 24.3 Å². The predicted molar refractivity (Wildman–Crippen MR) is 114 cm³/mol. The number of hydrogen-bond acceptors (Lipinski definition) is 6. The van der Waals surface area contributed by atoms with Crippen LogP contribution >= 0.6 is 0 Å². The minimum absolute atomic E-state index is 0.0206. The molecule has 1 aliphatic heterocycles. The Bertz CT molecular complexity index is 1200. The van der Waals surface area contributed by atoms with Gasteiger partial charge in [-0.05, 0) is 35.4 Å². The Labute approximate surface area is 184 Å². The Morgan fingerprint density at radius 2 is 1.47 bits per heavy atom. The van der Waals surface area contributed by atoms with Crippen LogP contribution in [-0.4, -0.2) is 37.7 Å². The van der Waals surface area contributed by atoms with E-state index >= 15 is 0 Å². The molecule has 14 heteroatoms. The smallest absolute Gasteiger partial charge is 0.416 e. The van der Waals surface area contributed by atoms with Crippen molar-refractivity contribution in [2.75, 3.05) is 0 Å². The minimum atomic E-state index is -4.58. The molecule has 0 saturated heterocycles. The number of carbonyl (C=O) groups is 1. The zero-order valence-electron chi connectivity index (χ0n) is 17.2. The molecule has 0 fully saturated rings.